The minimum atomic E-state index is -0.461. The van der Waals surface area contributed by atoms with Crippen LogP contribution >= 0.6 is 0 Å². The first-order valence-corrected chi connectivity index (χ1v) is 6.99. The Kier molecular flexibility index (Phi) is 2.96. The number of nitrogens with zero attached hydrogens (tertiary/aromatic N) is 1. The van der Waals surface area contributed by atoms with Crippen molar-refractivity contribution >= 4 is 17.0 Å². The first-order chi connectivity index (χ1) is 9.42. The molecule has 20 heavy (non-hydrogen) atoms. The molecular weight excluding hydrogens is 252 g/mol. The van der Waals surface area contributed by atoms with E-state index in [1.165, 1.54) is 16.5 Å². The number of ether oxygens (including phenoxy) is 1. The standard InChI is InChI=1S/C16H20N2O2/c1-16(2,3)20-15(19)17-13-9-12-6-4-5-11-7-8-18(10-13)14(11)12/h4-8,13H,9-10H2,1-3H3,(H,17,19). The number of benzene rings is 1. The van der Waals surface area contributed by atoms with Gasteiger partial charge in [-0.05, 0) is 44.2 Å². The van der Waals surface area contributed by atoms with Crippen molar-refractivity contribution in [3.63, 3.8) is 0 Å². The van der Waals surface area contributed by atoms with Crippen molar-refractivity contribution in [2.45, 2.75) is 45.4 Å². The molecule has 0 spiro atoms. The Morgan fingerprint density at radius 2 is 2.15 bits per heavy atom. The first-order valence-electron chi connectivity index (χ1n) is 6.99. The quantitative estimate of drug-likeness (QED) is 0.867. The molecule has 1 aromatic carbocycles. The monoisotopic (exact) mass is 272 g/mol. The second-order valence-electron chi connectivity index (χ2n) is 6.37. The lowest BCUT2D eigenvalue weighted by Crippen LogP contribution is -2.43. The van der Waals surface area contributed by atoms with Crippen molar-refractivity contribution in [1.29, 1.82) is 0 Å². The molecule has 1 aromatic heterocycles. The van der Waals surface area contributed by atoms with Gasteiger partial charge in [0, 0.05) is 12.7 Å². The summed E-state index contributed by atoms with van der Waals surface area (Å²) in [4.78, 5) is 11.9. The molecule has 0 saturated heterocycles. The molecule has 4 heteroatoms. The second kappa shape index (κ2) is 4.54. The van der Waals surface area contributed by atoms with Crippen LogP contribution in [-0.4, -0.2) is 22.3 Å². The third kappa shape index (κ3) is 2.50. The molecule has 3 rings (SSSR count). The highest BCUT2D eigenvalue weighted by atomic mass is 16.6. The van der Waals surface area contributed by atoms with E-state index in [0.29, 0.717) is 0 Å². The van der Waals surface area contributed by atoms with E-state index in [2.05, 4.69) is 40.3 Å². The fourth-order valence-corrected chi connectivity index (χ4v) is 2.80. The average Bonchev–Trinajstić information content (AvgIpc) is 2.72. The second-order valence-corrected chi connectivity index (χ2v) is 6.37. The van der Waals surface area contributed by atoms with Crippen LogP contribution in [-0.2, 0) is 17.7 Å². The van der Waals surface area contributed by atoms with E-state index in [-0.39, 0.29) is 12.1 Å². The van der Waals surface area contributed by atoms with Gasteiger partial charge in [-0.2, -0.15) is 0 Å². The maximum absolute atomic E-state index is 11.9. The zero-order chi connectivity index (χ0) is 14.3. The number of para-hydroxylation sites is 1. The van der Waals surface area contributed by atoms with Crippen molar-refractivity contribution < 1.29 is 9.53 Å². The number of alkyl carbamates (subject to hydrolysis) is 1. The molecule has 1 unspecified atom stereocenters. The molecule has 1 amide bonds. The van der Waals surface area contributed by atoms with E-state index < -0.39 is 5.60 Å². The molecule has 106 valence electrons. The highest BCUT2D eigenvalue weighted by Gasteiger charge is 2.24. The van der Waals surface area contributed by atoms with Crippen LogP contribution in [0.2, 0.25) is 0 Å². The molecule has 0 bridgehead atoms. The first kappa shape index (κ1) is 13.0. The van der Waals surface area contributed by atoms with Crippen LogP contribution in [0.1, 0.15) is 26.3 Å². The van der Waals surface area contributed by atoms with Gasteiger partial charge in [-0.3, -0.25) is 0 Å². The predicted octanol–water partition coefficient (Wildman–Crippen LogP) is 3.09. The third-order valence-electron chi connectivity index (χ3n) is 3.48. The van der Waals surface area contributed by atoms with E-state index in [9.17, 15) is 4.79 Å². The summed E-state index contributed by atoms with van der Waals surface area (Å²) in [6.07, 6.45) is 2.59. The van der Waals surface area contributed by atoms with Crippen molar-refractivity contribution in [2.75, 3.05) is 0 Å². The smallest absolute Gasteiger partial charge is 0.407 e. The molecule has 1 N–H and O–H groups in total. The molecule has 1 aliphatic heterocycles. The van der Waals surface area contributed by atoms with Gasteiger partial charge in [0.2, 0.25) is 0 Å². The zero-order valence-electron chi connectivity index (χ0n) is 12.1. The Morgan fingerprint density at radius 1 is 1.35 bits per heavy atom. The highest BCUT2D eigenvalue weighted by Crippen LogP contribution is 2.26. The maximum atomic E-state index is 11.9. The lowest BCUT2D eigenvalue weighted by molar-refractivity contribution is 0.0498. The Morgan fingerprint density at radius 3 is 2.90 bits per heavy atom. The van der Waals surface area contributed by atoms with Crippen LogP contribution in [0, 0.1) is 0 Å². The van der Waals surface area contributed by atoms with E-state index in [4.69, 9.17) is 4.74 Å². The van der Waals surface area contributed by atoms with E-state index in [1.807, 2.05) is 20.8 Å². The number of hydrogen-bond acceptors (Lipinski definition) is 2. The largest absolute Gasteiger partial charge is 0.444 e. The van der Waals surface area contributed by atoms with Crippen molar-refractivity contribution in [3.8, 4) is 0 Å². The zero-order valence-corrected chi connectivity index (χ0v) is 12.1. The van der Waals surface area contributed by atoms with Crippen molar-refractivity contribution in [1.82, 2.24) is 9.88 Å². The van der Waals surface area contributed by atoms with Crippen molar-refractivity contribution in [2.24, 2.45) is 0 Å². The molecule has 0 radical (unpaired) electrons. The molecule has 1 aliphatic rings. The van der Waals surface area contributed by atoms with Crippen LogP contribution in [0.4, 0.5) is 4.79 Å². The lowest BCUT2D eigenvalue weighted by atomic mass is 10.0. The average molecular weight is 272 g/mol. The SMILES string of the molecule is CC(C)(C)OC(=O)NC1Cc2cccc3ccn(c23)C1. The Balaban J connectivity index is 1.75. The van der Waals surface area contributed by atoms with Gasteiger partial charge in [-0.25, -0.2) is 4.79 Å². The number of hydrogen-bond donors (Lipinski definition) is 1. The number of aromatic nitrogens is 1. The summed E-state index contributed by atoms with van der Waals surface area (Å²) in [5, 5.41) is 4.23. The minimum Gasteiger partial charge on any atom is -0.444 e. The topological polar surface area (TPSA) is 43.3 Å². The van der Waals surface area contributed by atoms with Gasteiger partial charge >= 0.3 is 6.09 Å². The summed E-state index contributed by atoms with van der Waals surface area (Å²) in [6.45, 7) is 6.41. The van der Waals surface area contributed by atoms with Crippen LogP contribution in [0.25, 0.3) is 10.9 Å². The van der Waals surface area contributed by atoms with Gasteiger partial charge in [0.1, 0.15) is 5.60 Å². The van der Waals surface area contributed by atoms with Crippen molar-refractivity contribution in [3.05, 3.63) is 36.0 Å². The van der Waals surface area contributed by atoms with Gasteiger partial charge in [0.05, 0.1) is 11.6 Å². The molecule has 2 heterocycles. The summed E-state index contributed by atoms with van der Waals surface area (Å²) < 4.78 is 7.53. The minimum absolute atomic E-state index is 0.0790. The molecular formula is C16H20N2O2. The lowest BCUT2D eigenvalue weighted by Gasteiger charge is -2.27. The number of rotatable bonds is 1. The predicted molar refractivity (Wildman–Crippen MR) is 78.8 cm³/mol. The summed E-state index contributed by atoms with van der Waals surface area (Å²) >= 11 is 0. The fourth-order valence-electron chi connectivity index (χ4n) is 2.80. The molecule has 0 fully saturated rings. The highest BCUT2D eigenvalue weighted by molar-refractivity contribution is 5.84. The number of carbonyl (C=O) groups excluding carboxylic acids is 1. The van der Waals surface area contributed by atoms with Gasteiger partial charge in [0.15, 0.2) is 0 Å². The molecule has 2 aromatic rings. The summed E-state index contributed by atoms with van der Waals surface area (Å²) in [5.41, 5.74) is 2.10. The molecule has 4 nitrogen and oxygen atoms in total. The van der Waals surface area contributed by atoms with E-state index in [1.54, 1.807) is 0 Å². The van der Waals surface area contributed by atoms with Crippen LogP contribution in [0.15, 0.2) is 30.5 Å². The summed E-state index contributed by atoms with van der Waals surface area (Å²) in [7, 11) is 0. The Bertz CT molecular complexity index is 652. The molecule has 1 atom stereocenters. The Hall–Kier alpha value is -1.97. The summed E-state index contributed by atoms with van der Waals surface area (Å²) in [5.74, 6) is 0. The number of nitrogens with one attached hydrogen (secondary N) is 1. The van der Waals surface area contributed by atoms with Gasteiger partial charge in [-0.1, -0.05) is 18.2 Å². The van der Waals surface area contributed by atoms with Crippen LogP contribution in [0.3, 0.4) is 0 Å². The van der Waals surface area contributed by atoms with Crippen LogP contribution < -0.4 is 5.32 Å². The maximum Gasteiger partial charge on any atom is 0.407 e. The molecule has 0 aliphatic carbocycles. The third-order valence-corrected chi connectivity index (χ3v) is 3.48. The number of amides is 1. The van der Waals surface area contributed by atoms with Gasteiger partial charge < -0.3 is 14.6 Å². The number of carbonyl (C=O) groups is 1. The summed E-state index contributed by atoms with van der Waals surface area (Å²) in [6, 6.07) is 8.51. The Labute approximate surface area is 118 Å². The van der Waals surface area contributed by atoms with E-state index >= 15 is 0 Å². The van der Waals surface area contributed by atoms with E-state index in [0.717, 1.165) is 13.0 Å². The van der Waals surface area contributed by atoms with Gasteiger partial charge in [0.25, 0.3) is 0 Å². The molecule has 0 saturated carbocycles. The fraction of sp³-hybridized carbons (Fsp3) is 0.438. The normalized spacial score (nSPS) is 18.1. The van der Waals surface area contributed by atoms with Gasteiger partial charge in [-0.15, -0.1) is 0 Å². The van der Waals surface area contributed by atoms with Crippen LogP contribution in [0.5, 0.6) is 0 Å².